The van der Waals surface area contributed by atoms with Crippen LogP contribution in [-0.2, 0) is 19.1 Å². The zero-order chi connectivity index (χ0) is 16.3. The van der Waals surface area contributed by atoms with E-state index >= 15 is 0 Å². The van der Waals surface area contributed by atoms with E-state index in [1.807, 2.05) is 0 Å². The summed E-state index contributed by atoms with van der Waals surface area (Å²) in [5, 5.41) is 0. The Morgan fingerprint density at radius 1 is 1.27 bits per heavy atom. The molecule has 0 aromatic heterocycles. The van der Waals surface area contributed by atoms with E-state index in [1.54, 1.807) is 38.3 Å². The number of hydrogen-bond donors (Lipinski definition) is 0. The van der Waals surface area contributed by atoms with Gasteiger partial charge in [-0.25, -0.2) is 4.79 Å². The van der Waals surface area contributed by atoms with Crippen molar-refractivity contribution in [3.63, 3.8) is 0 Å². The molecular weight excluding hydrogens is 286 g/mol. The summed E-state index contributed by atoms with van der Waals surface area (Å²) in [5.41, 5.74) is 0.549. The van der Waals surface area contributed by atoms with Crippen molar-refractivity contribution in [3.05, 3.63) is 24.3 Å². The van der Waals surface area contributed by atoms with Gasteiger partial charge in [0.05, 0.1) is 19.6 Å². The molecule has 118 valence electrons. The van der Waals surface area contributed by atoms with Crippen LogP contribution in [0.4, 0.5) is 5.69 Å². The highest BCUT2D eigenvalue weighted by Crippen LogP contribution is 2.33. The monoisotopic (exact) mass is 305 g/mol. The Morgan fingerprint density at radius 2 is 1.91 bits per heavy atom. The molecule has 1 aliphatic rings. The third-order valence-electron chi connectivity index (χ3n) is 3.72. The number of esters is 1. The second-order valence-corrected chi connectivity index (χ2v) is 5.08. The van der Waals surface area contributed by atoms with E-state index in [0.717, 1.165) is 0 Å². The highest BCUT2D eigenvalue weighted by atomic mass is 16.5. The van der Waals surface area contributed by atoms with Gasteiger partial charge in [-0.1, -0.05) is 0 Å². The Labute approximate surface area is 129 Å². The van der Waals surface area contributed by atoms with Crippen molar-refractivity contribution in [2.24, 2.45) is 5.92 Å². The summed E-state index contributed by atoms with van der Waals surface area (Å²) in [6.07, 6.45) is 0.0187. The first kappa shape index (κ1) is 16.0. The van der Waals surface area contributed by atoms with Crippen LogP contribution in [0, 0.1) is 5.92 Å². The molecule has 1 fully saturated rings. The predicted molar refractivity (Wildman–Crippen MR) is 79.7 cm³/mol. The Balaban J connectivity index is 2.38. The SMILES string of the molecule is CCOC(=O)C1C(C(C)=O)CC(=O)N1c1ccc(OC)cc1. The summed E-state index contributed by atoms with van der Waals surface area (Å²) in [5.74, 6) is -1.03. The van der Waals surface area contributed by atoms with Crippen molar-refractivity contribution in [1.29, 1.82) is 0 Å². The lowest BCUT2D eigenvalue weighted by molar-refractivity contribution is -0.147. The standard InChI is InChI=1S/C16H19NO5/c1-4-22-16(20)15-13(10(2)18)9-14(19)17(15)11-5-7-12(21-3)8-6-11/h5-8,13,15H,4,9H2,1-3H3. The lowest BCUT2D eigenvalue weighted by Gasteiger charge is -2.25. The van der Waals surface area contributed by atoms with Crippen molar-refractivity contribution in [1.82, 2.24) is 0 Å². The summed E-state index contributed by atoms with van der Waals surface area (Å²) < 4.78 is 10.1. The molecular formula is C16H19NO5. The van der Waals surface area contributed by atoms with E-state index in [0.29, 0.717) is 11.4 Å². The minimum absolute atomic E-state index is 0.0187. The molecule has 1 aromatic rings. The molecule has 2 atom stereocenters. The molecule has 0 bridgehead atoms. The number of anilines is 1. The Morgan fingerprint density at radius 3 is 2.41 bits per heavy atom. The molecule has 0 saturated carbocycles. The molecule has 2 unspecified atom stereocenters. The van der Waals surface area contributed by atoms with Gasteiger partial charge in [0.2, 0.25) is 5.91 Å². The number of ether oxygens (including phenoxy) is 2. The van der Waals surface area contributed by atoms with Gasteiger partial charge in [-0.15, -0.1) is 0 Å². The second kappa shape index (κ2) is 6.60. The topological polar surface area (TPSA) is 72.9 Å². The minimum atomic E-state index is -0.904. The van der Waals surface area contributed by atoms with Crippen LogP contribution in [0.3, 0.4) is 0 Å². The summed E-state index contributed by atoms with van der Waals surface area (Å²) in [4.78, 5) is 37.6. The van der Waals surface area contributed by atoms with Crippen LogP contribution < -0.4 is 9.64 Å². The number of ketones is 1. The zero-order valence-corrected chi connectivity index (χ0v) is 12.9. The number of carbonyl (C=O) groups excluding carboxylic acids is 3. The molecule has 1 aromatic carbocycles. The van der Waals surface area contributed by atoms with Crippen LogP contribution in [-0.4, -0.2) is 37.4 Å². The van der Waals surface area contributed by atoms with Gasteiger partial charge in [0, 0.05) is 12.1 Å². The number of rotatable bonds is 5. The molecule has 0 radical (unpaired) electrons. The van der Waals surface area contributed by atoms with Crippen LogP contribution >= 0.6 is 0 Å². The largest absolute Gasteiger partial charge is 0.497 e. The van der Waals surface area contributed by atoms with Crippen molar-refractivity contribution in [2.75, 3.05) is 18.6 Å². The quantitative estimate of drug-likeness (QED) is 0.772. The molecule has 0 N–H and O–H groups in total. The summed E-state index contributed by atoms with van der Waals surface area (Å²) in [7, 11) is 1.54. The van der Waals surface area contributed by atoms with Gasteiger partial charge >= 0.3 is 5.97 Å². The van der Waals surface area contributed by atoms with E-state index in [2.05, 4.69) is 0 Å². The Bertz CT molecular complexity index is 581. The molecule has 0 aliphatic carbocycles. The van der Waals surface area contributed by atoms with E-state index in [4.69, 9.17) is 9.47 Å². The molecule has 1 amide bonds. The molecule has 1 aliphatic heterocycles. The lowest BCUT2D eigenvalue weighted by Crippen LogP contribution is -2.44. The number of amides is 1. The maximum atomic E-state index is 12.3. The molecule has 1 saturated heterocycles. The van der Waals surface area contributed by atoms with Gasteiger partial charge in [-0.3, -0.25) is 14.5 Å². The van der Waals surface area contributed by atoms with Crippen LogP contribution in [0.25, 0.3) is 0 Å². The van der Waals surface area contributed by atoms with E-state index in [-0.39, 0.29) is 24.7 Å². The van der Waals surface area contributed by atoms with Crippen molar-refractivity contribution in [2.45, 2.75) is 26.3 Å². The number of benzene rings is 1. The summed E-state index contributed by atoms with van der Waals surface area (Å²) in [6, 6.07) is 5.87. The van der Waals surface area contributed by atoms with Crippen LogP contribution in [0.2, 0.25) is 0 Å². The highest BCUT2D eigenvalue weighted by Gasteiger charge is 2.47. The van der Waals surface area contributed by atoms with Crippen LogP contribution in [0.5, 0.6) is 5.75 Å². The first-order chi connectivity index (χ1) is 10.5. The average Bonchev–Trinajstić information content (AvgIpc) is 2.85. The van der Waals surface area contributed by atoms with E-state index in [1.165, 1.54) is 11.8 Å². The second-order valence-electron chi connectivity index (χ2n) is 5.08. The number of nitrogens with zero attached hydrogens (tertiary/aromatic N) is 1. The fourth-order valence-corrected chi connectivity index (χ4v) is 2.64. The average molecular weight is 305 g/mol. The zero-order valence-electron chi connectivity index (χ0n) is 12.9. The Hall–Kier alpha value is -2.37. The van der Waals surface area contributed by atoms with Gasteiger partial charge in [-0.05, 0) is 38.1 Å². The van der Waals surface area contributed by atoms with Crippen molar-refractivity contribution >= 4 is 23.3 Å². The van der Waals surface area contributed by atoms with Gasteiger partial charge in [-0.2, -0.15) is 0 Å². The van der Waals surface area contributed by atoms with Gasteiger partial charge < -0.3 is 9.47 Å². The predicted octanol–water partition coefficient (Wildman–Crippen LogP) is 1.57. The normalized spacial score (nSPS) is 20.9. The minimum Gasteiger partial charge on any atom is -0.497 e. The molecule has 2 rings (SSSR count). The molecule has 6 heteroatoms. The maximum absolute atomic E-state index is 12.3. The highest BCUT2D eigenvalue weighted by molar-refractivity contribution is 6.07. The fourth-order valence-electron chi connectivity index (χ4n) is 2.64. The number of Topliss-reactive ketones (excluding diaryl/α,β-unsaturated/α-hetero) is 1. The third kappa shape index (κ3) is 2.95. The van der Waals surface area contributed by atoms with Gasteiger partial charge in [0.15, 0.2) is 0 Å². The molecule has 1 heterocycles. The summed E-state index contributed by atoms with van der Waals surface area (Å²) in [6.45, 7) is 3.28. The fraction of sp³-hybridized carbons (Fsp3) is 0.438. The van der Waals surface area contributed by atoms with Gasteiger partial charge in [0.25, 0.3) is 0 Å². The lowest BCUT2D eigenvalue weighted by atomic mass is 9.96. The van der Waals surface area contributed by atoms with Crippen LogP contribution in [0.15, 0.2) is 24.3 Å². The maximum Gasteiger partial charge on any atom is 0.330 e. The number of hydrogen-bond acceptors (Lipinski definition) is 5. The van der Waals surface area contributed by atoms with Crippen molar-refractivity contribution in [3.8, 4) is 5.75 Å². The molecule has 0 spiro atoms. The molecule has 22 heavy (non-hydrogen) atoms. The van der Waals surface area contributed by atoms with E-state index < -0.39 is 17.9 Å². The van der Waals surface area contributed by atoms with Crippen LogP contribution in [0.1, 0.15) is 20.3 Å². The number of methoxy groups -OCH3 is 1. The van der Waals surface area contributed by atoms with Crippen molar-refractivity contribution < 1.29 is 23.9 Å². The number of carbonyl (C=O) groups is 3. The molecule has 6 nitrogen and oxygen atoms in total. The van der Waals surface area contributed by atoms with Gasteiger partial charge in [0.1, 0.15) is 17.6 Å². The van der Waals surface area contributed by atoms with E-state index in [9.17, 15) is 14.4 Å². The smallest absolute Gasteiger partial charge is 0.330 e. The first-order valence-corrected chi connectivity index (χ1v) is 7.12. The first-order valence-electron chi connectivity index (χ1n) is 7.12. The third-order valence-corrected chi connectivity index (χ3v) is 3.72. The Kier molecular flexibility index (Phi) is 4.80. The summed E-state index contributed by atoms with van der Waals surface area (Å²) >= 11 is 0.